The van der Waals surface area contributed by atoms with Crippen LogP contribution in [0.3, 0.4) is 0 Å². The lowest BCUT2D eigenvalue weighted by Crippen LogP contribution is -2.42. The van der Waals surface area contributed by atoms with E-state index in [1.807, 2.05) is 4.90 Å². The molecule has 1 amide bonds. The van der Waals surface area contributed by atoms with Crippen molar-refractivity contribution >= 4 is 5.91 Å². The number of hydrogen-bond acceptors (Lipinski definition) is 2. The SMILES string of the molecule is CC1CCCC1NC1CC(=O)N(C(C)C)C1. The molecule has 1 aliphatic carbocycles. The minimum Gasteiger partial charge on any atom is -0.339 e. The van der Waals surface area contributed by atoms with Crippen molar-refractivity contribution in [2.75, 3.05) is 6.54 Å². The van der Waals surface area contributed by atoms with Crippen molar-refractivity contribution in [2.24, 2.45) is 5.92 Å². The molecule has 2 fully saturated rings. The third kappa shape index (κ3) is 2.40. The van der Waals surface area contributed by atoms with Gasteiger partial charge in [-0.25, -0.2) is 0 Å². The second kappa shape index (κ2) is 4.74. The van der Waals surface area contributed by atoms with Gasteiger partial charge in [0.1, 0.15) is 0 Å². The Hall–Kier alpha value is -0.570. The summed E-state index contributed by atoms with van der Waals surface area (Å²) < 4.78 is 0. The van der Waals surface area contributed by atoms with Gasteiger partial charge in [0.05, 0.1) is 0 Å². The number of nitrogens with one attached hydrogen (secondary N) is 1. The van der Waals surface area contributed by atoms with Crippen LogP contribution < -0.4 is 5.32 Å². The fourth-order valence-electron chi connectivity index (χ4n) is 3.04. The Bertz CT molecular complexity index is 265. The molecule has 2 rings (SSSR count). The van der Waals surface area contributed by atoms with Gasteiger partial charge in [0.2, 0.25) is 5.91 Å². The Kier molecular flexibility index (Phi) is 3.53. The third-order valence-corrected chi connectivity index (χ3v) is 4.09. The van der Waals surface area contributed by atoms with Crippen molar-refractivity contribution in [3.63, 3.8) is 0 Å². The van der Waals surface area contributed by atoms with E-state index in [1.54, 1.807) is 0 Å². The summed E-state index contributed by atoms with van der Waals surface area (Å²) >= 11 is 0. The zero-order valence-corrected chi connectivity index (χ0v) is 10.7. The van der Waals surface area contributed by atoms with Gasteiger partial charge in [-0.2, -0.15) is 0 Å². The van der Waals surface area contributed by atoms with Gasteiger partial charge in [-0.3, -0.25) is 4.79 Å². The maximum Gasteiger partial charge on any atom is 0.224 e. The minimum atomic E-state index is 0.318. The van der Waals surface area contributed by atoms with E-state index >= 15 is 0 Å². The van der Waals surface area contributed by atoms with Crippen LogP contribution in [-0.2, 0) is 4.79 Å². The van der Waals surface area contributed by atoms with Gasteiger partial charge in [0, 0.05) is 31.1 Å². The molecular weight excluding hydrogens is 200 g/mol. The van der Waals surface area contributed by atoms with Crippen LogP contribution in [0.4, 0.5) is 0 Å². The van der Waals surface area contributed by atoms with Crippen LogP contribution >= 0.6 is 0 Å². The van der Waals surface area contributed by atoms with Crippen molar-refractivity contribution in [1.29, 1.82) is 0 Å². The van der Waals surface area contributed by atoms with Crippen LogP contribution in [0.15, 0.2) is 0 Å². The largest absolute Gasteiger partial charge is 0.339 e. The van der Waals surface area contributed by atoms with Gasteiger partial charge in [0.15, 0.2) is 0 Å². The van der Waals surface area contributed by atoms with E-state index in [4.69, 9.17) is 0 Å². The Morgan fingerprint density at radius 2 is 2.12 bits per heavy atom. The third-order valence-electron chi connectivity index (χ3n) is 4.09. The summed E-state index contributed by atoms with van der Waals surface area (Å²) in [6, 6.07) is 1.38. The average Bonchev–Trinajstić information content (AvgIpc) is 2.75. The number of amides is 1. The van der Waals surface area contributed by atoms with Crippen LogP contribution in [0.2, 0.25) is 0 Å². The molecule has 0 spiro atoms. The van der Waals surface area contributed by atoms with Gasteiger partial charge in [-0.15, -0.1) is 0 Å². The summed E-state index contributed by atoms with van der Waals surface area (Å²) in [5, 5.41) is 3.68. The molecule has 0 aromatic heterocycles. The van der Waals surface area contributed by atoms with Gasteiger partial charge in [-0.1, -0.05) is 13.3 Å². The van der Waals surface area contributed by atoms with Gasteiger partial charge >= 0.3 is 0 Å². The van der Waals surface area contributed by atoms with E-state index in [2.05, 4.69) is 26.1 Å². The molecule has 0 aromatic carbocycles. The summed E-state index contributed by atoms with van der Waals surface area (Å²) in [6.45, 7) is 7.42. The molecule has 0 radical (unpaired) electrons. The molecular formula is C13H24N2O. The van der Waals surface area contributed by atoms with E-state index in [-0.39, 0.29) is 0 Å². The van der Waals surface area contributed by atoms with E-state index in [0.29, 0.717) is 30.5 Å². The number of nitrogens with zero attached hydrogens (tertiary/aromatic N) is 1. The van der Waals surface area contributed by atoms with Crippen molar-refractivity contribution in [2.45, 2.75) is 64.6 Å². The lowest BCUT2D eigenvalue weighted by molar-refractivity contribution is -0.129. The van der Waals surface area contributed by atoms with Crippen molar-refractivity contribution in [3.8, 4) is 0 Å². The van der Waals surface area contributed by atoms with Gasteiger partial charge < -0.3 is 10.2 Å². The Balaban J connectivity index is 1.86. The standard InChI is InChI=1S/C13H24N2O/c1-9(2)15-8-11(7-13(15)16)14-12-6-4-5-10(12)3/h9-12,14H,4-8H2,1-3H3. The molecule has 3 unspecified atom stereocenters. The van der Waals surface area contributed by atoms with Crippen LogP contribution in [-0.4, -0.2) is 35.5 Å². The number of rotatable bonds is 3. The van der Waals surface area contributed by atoms with Gasteiger partial charge in [0.25, 0.3) is 0 Å². The highest BCUT2D eigenvalue weighted by atomic mass is 16.2. The molecule has 3 heteroatoms. The zero-order chi connectivity index (χ0) is 11.7. The van der Waals surface area contributed by atoms with Gasteiger partial charge in [-0.05, 0) is 32.6 Å². The van der Waals surface area contributed by atoms with Crippen LogP contribution in [0.1, 0.15) is 46.5 Å². The first-order valence-electron chi connectivity index (χ1n) is 6.63. The first-order chi connectivity index (χ1) is 7.58. The molecule has 0 aromatic rings. The molecule has 16 heavy (non-hydrogen) atoms. The second-order valence-corrected chi connectivity index (χ2v) is 5.72. The fourth-order valence-corrected chi connectivity index (χ4v) is 3.04. The number of carbonyl (C=O) groups excluding carboxylic acids is 1. The minimum absolute atomic E-state index is 0.318. The van der Waals surface area contributed by atoms with Crippen molar-refractivity contribution < 1.29 is 4.79 Å². The molecule has 1 saturated heterocycles. The van der Waals surface area contributed by atoms with E-state index in [1.165, 1.54) is 19.3 Å². The van der Waals surface area contributed by atoms with Crippen LogP contribution in [0, 0.1) is 5.92 Å². The molecule has 1 aliphatic heterocycles. The predicted molar refractivity (Wildman–Crippen MR) is 65.2 cm³/mol. The first kappa shape index (κ1) is 11.9. The fraction of sp³-hybridized carbons (Fsp3) is 0.923. The summed E-state index contributed by atoms with van der Waals surface area (Å²) in [6.07, 6.45) is 4.66. The summed E-state index contributed by atoms with van der Waals surface area (Å²) in [4.78, 5) is 13.8. The topological polar surface area (TPSA) is 32.3 Å². The normalized spacial score (nSPS) is 35.4. The molecule has 0 bridgehead atoms. The highest BCUT2D eigenvalue weighted by Gasteiger charge is 2.34. The lowest BCUT2D eigenvalue weighted by Gasteiger charge is -2.24. The highest BCUT2D eigenvalue weighted by molar-refractivity contribution is 5.79. The average molecular weight is 224 g/mol. The summed E-state index contributed by atoms with van der Waals surface area (Å²) in [5.41, 5.74) is 0. The van der Waals surface area contributed by atoms with E-state index in [0.717, 1.165) is 12.5 Å². The lowest BCUT2D eigenvalue weighted by atomic mass is 10.1. The van der Waals surface area contributed by atoms with Crippen LogP contribution in [0.25, 0.3) is 0 Å². The van der Waals surface area contributed by atoms with E-state index < -0.39 is 0 Å². The summed E-state index contributed by atoms with van der Waals surface area (Å²) in [7, 11) is 0. The van der Waals surface area contributed by atoms with Crippen molar-refractivity contribution in [1.82, 2.24) is 10.2 Å². The summed E-state index contributed by atoms with van der Waals surface area (Å²) in [5.74, 6) is 1.10. The number of likely N-dealkylation sites (tertiary alicyclic amines) is 1. The first-order valence-corrected chi connectivity index (χ1v) is 6.63. The molecule has 3 nitrogen and oxygen atoms in total. The monoisotopic (exact) mass is 224 g/mol. The molecule has 1 N–H and O–H groups in total. The smallest absolute Gasteiger partial charge is 0.224 e. The molecule has 1 heterocycles. The molecule has 1 saturated carbocycles. The molecule has 2 aliphatic rings. The molecule has 92 valence electrons. The van der Waals surface area contributed by atoms with E-state index in [9.17, 15) is 4.79 Å². The van der Waals surface area contributed by atoms with Crippen molar-refractivity contribution in [3.05, 3.63) is 0 Å². The second-order valence-electron chi connectivity index (χ2n) is 5.72. The molecule has 3 atom stereocenters. The Labute approximate surface area is 98.6 Å². The van der Waals surface area contributed by atoms with Crippen LogP contribution in [0.5, 0.6) is 0 Å². The highest BCUT2D eigenvalue weighted by Crippen LogP contribution is 2.26. The maximum absolute atomic E-state index is 11.8. The number of carbonyl (C=O) groups is 1. The number of hydrogen-bond donors (Lipinski definition) is 1. The quantitative estimate of drug-likeness (QED) is 0.792. The Morgan fingerprint density at radius 1 is 1.38 bits per heavy atom. The Morgan fingerprint density at radius 3 is 2.62 bits per heavy atom. The predicted octanol–water partition coefficient (Wildman–Crippen LogP) is 1.77. The zero-order valence-electron chi connectivity index (χ0n) is 10.7. The maximum atomic E-state index is 11.8.